The monoisotopic (exact) mass is 162 g/mol. The number of halogens is 2. The second-order valence-corrected chi connectivity index (χ2v) is 3.84. The first-order valence-corrected chi connectivity index (χ1v) is 3.75. The summed E-state index contributed by atoms with van der Waals surface area (Å²) in [5.41, 5.74) is -0.818. The van der Waals surface area contributed by atoms with E-state index in [1.54, 1.807) is 13.8 Å². The van der Waals surface area contributed by atoms with Gasteiger partial charge in [0.25, 0.3) is 0 Å². The summed E-state index contributed by atoms with van der Waals surface area (Å²) in [5.74, 6) is -2.67. The van der Waals surface area contributed by atoms with Gasteiger partial charge in [-0.2, -0.15) is 0 Å². The number of alkyl halides is 2. The summed E-state index contributed by atoms with van der Waals surface area (Å²) in [7, 11) is 0. The van der Waals surface area contributed by atoms with Gasteiger partial charge in [0, 0.05) is 24.7 Å². The maximum absolute atomic E-state index is 12.7. The van der Waals surface area contributed by atoms with Crippen LogP contribution in [0.5, 0.6) is 0 Å². The van der Waals surface area contributed by atoms with Crippen molar-refractivity contribution in [3.05, 3.63) is 0 Å². The molecule has 64 valence electrons. The number of Topliss-reactive ketones (excluding diaryl/α,β-unsaturated/α-hetero) is 1. The van der Waals surface area contributed by atoms with Crippen LogP contribution in [0, 0.1) is 5.41 Å². The quantitative estimate of drug-likeness (QED) is 0.534. The van der Waals surface area contributed by atoms with Crippen molar-refractivity contribution in [3.8, 4) is 0 Å². The Kier molecular flexibility index (Phi) is 1.77. The van der Waals surface area contributed by atoms with Crippen molar-refractivity contribution in [2.45, 2.75) is 39.0 Å². The van der Waals surface area contributed by atoms with Crippen LogP contribution >= 0.6 is 0 Å². The van der Waals surface area contributed by atoms with E-state index in [0.29, 0.717) is 0 Å². The number of carbonyl (C=O) groups is 1. The van der Waals surface area contributed by atoms with Crippen molar-refractivity contribution in [1.82, 2.24) is 0 Å². The average molecular weight is 162 g/mol. The van der Waals surface area contributed by atoms with Crippen LogP contribution in [0.2, 0.25) is 0 Å². The van der Waals surface area contributed by atoms with Crippen LogP contribution in [-0.4, -0.2) is 11.7 Å². The fourth-order valence-corrected chi connectivity index (χ4v) is 1.47. The lowest BCUT2D eigenvalue weighted by atomic mass is 9.74. The van der Waals surface area contributed by atoms with Crippen LogP contribution in [-0.2, 0) is 4.79 Å². The molecular weight excluding hydrogens is 150 g/mol. The minimum Gasteiger partial charge on any atom is -0.299 e. The van der Waals surface area contributed by atoms with E-state index in [1.807, 2.05) is 0 Å². The van der Waals surface area contributed by atoms with E-state index in [-0.39, 0.29) is 25.0 Å². The molecule has 1 aliphatic rings. The molecule has 1 saturated carbocycles. The van der Waals surface area contributed by atoms with Crippen molar-refractivity contribution in [1.29, 1.82) is 0 Å². The highest BCUT2D eigenvalue weighted by molar-refractivity contribution is 5.85. The minimum absolute atomic E-state index is 0.0278. The molecule has 0 saturated heterocycles. The largest absolute Gasteiger partial charge is 0.299 e. The third kappa shape index (κ3) is 1.76. The zero-order valence-electron chi connectivity index (χ0n) is 6.79. The normalized spacial score (nSPS) is 28.5. The third-order valence-electron chi connectivity index (χ3n) is 2.17. The summed E-state index contributed by atoms with van der Waals surface area (Å²) in [4.78, 5) is 11.1. The lowest BCUT2D eigenvalue weighted by Crippen LogP contribution is -2.38. The van der Waals surface area contributed by atoms with E-state index < -0.39 is 11.3 Å². The highest BCUT2D eigenvalue weighted by Crippen LogP contribution is 2.41. The Morgan fingerprint density at radius 3 is 2.27 bits per heavy atom. The van der Waals surface area contributed by atoms with Gasteiger partial charge in [0.1, 0.15) is 5.78 Å². The van der Waals surface area contributed by atoms with E-state index in [9.17, 15) is 13.6 Å². The van der Waals surface area contributed by atoms with Gasteiger partial charge in [0.2, 0.25) is 5.92 Å². The van der Waals surface area contributed by atoms with Crippen molar-refractivity contribution in [2.24, 2.45) is 5.41 Å². The molecule has 11 heavy (non-hydrogen) atoms. The smallest absolute Gasteiger partial charge is 0.249 e. The molecule has 0 aromatic carbocycles. The Labute approximate surface area is 64.8 Å². The molecule has 1 fully saturated rings. The molecule has 0 unspecified atom stereocenters. The molecule has 0 spiro atoms. The van der Waals surface area contributed by atoms with Crippen LogP contribution < -0.4 is 0 Å². The average Bonchev–Trinajstić information content (AvgIpc) is 1.77. The van der Waals surface area contributed by atoms with Crippen LogP contribution in [0.1, 0.15) is 33.1 Å². The molecule has 1 nitrogen and oxygen atoms in total. The fourth-order valence-electron chi connectivity index (χ4n) is 1.47. The molecule has 0 N–H and O–H groups in total. The van der Waals surface area contributed by atoms with Gasteiger partial charge in [0.15, 0.2) is 0 Å². The Balaban J connectivity index is 2.75. The first kappa shape index (κ1) is 8.62. The maximum Gasteiger partial charge on any atom is 0.249 e. The first-order chi connectivity index (χ1) is 4.83. The van der Waals surface area contributed by atoms with Crippen LogP contribution in [0.25, 0.3) is 0 Å². The third-order valence-corrected chi connectivity index (χ3v) is 2.17. The van der Waals surface area contributed by atoms with E-state index >= 15 is 0 Å². The molecule has 0 atom stereocenters. The van der Waals surface area contributed by atoms with E-state index in [2.05, 4.69) is 0 Å². The van der Waals surface area contributed by atoms with Gasteiger partial charge >= 0.3 is 0 Å². The van der Waals surface area contributed by atoms with Crippen molar-refractivity contribution < 1.29 is 13.6 Å². The van der Waals surface area contributed by atoms with Gasteiger partial charge in [0.05, 0.1) is 0 Å². The molecule has 0 aromatic heterocycles. The minimum atomic E-state index is -2.63. The SMILES string of the molecule is CC1(C)CC(F)(F)CCC1=O. The second kappa shape index (κ2) is 2.26. The molecule has 0 aromatic rings. The predicted octanol–water partition coefficient (Wildman–Crippen LogP) is 2.40. The van der Waals surface area contributed by atoms with Gasteiger partial charge in [-0.1, -0.05) is 13.8 Å². The summed E-state index contributed by atoms with van der Waals surface area (Å²) in [6.07, 6.45) is -0.534. The lowest BCUT2D eigenvalue weighted by molar-refractivity contribution is -0.143. The molecule has 0 aliphatic heterocycles. The molecule has 1 rings (SSSR count). The molecule has 0 bridgehead atoms. The highest BCUT2D eigenvalue weighted by atomic mass is 19.3. The molecule has 3 heteroatoms. The number of hydrogen-bond acceptors (Lipinski definition) is 1. The van der Waals surface area contributed by atoms with Gasteiger partial charge in [-0.3, -0.25) is 4.79 Å². The Morgan fingerprint density at radius 1 is 1.36 bits per heavy atom. The standard InChI is InChI=1S/C8H12F2O/c1-7(2)5-8(9,10)4-3-6(7)11/h3-5H2,1-2H3. The van der Waals surface area contributed by atoms with Crippen molar-refractivity contribution in [2.75, 3.05) is 0 Å². The van der Waals surface area contributed by atoms with Crippen molar-refractivity contribution >= 4 is 5.78 Å². The first-order valence-electron chi connectivity index (χ1n) is 3.75. The number of carbonyl (C=O) groups excluding carboxylic acids is 1. The molecule has 0 heterocycles. The Hall–Kier alpha value is -0.470. The second-order valence-electron chi connectivity index (χ2n) is 3.84. The van der Waals surface area contributed by atoms with Gasteiger partial charge in [-0.25, -0.2) is 8.78 Å². The zero-order valence-corrected chi connectivity index (χ0v) is 6.79. The predicted molar refractivity (Wildman–Crippen MR) is 37.6 cm³/mol. The molecule has 0 radical (unpaired) electrons. The van der Waals surface area contributed by atoms with Crippen LogP contribution in [0.15, 0.2) is 0 Å². The summed E-state index contributed by atoms with van der Waals surface area (Å²) >= 11 is 0. The number of rotatable bonds is 0. The van der Waals surface area contributed by atoms with Crippen LogP contribution in [0.3, 0.4) is 0 Å². The molecular formula is C8H12F2O. The summed E-state index contributed by atoms with van der Waals surface area (Å²) in [6.45, 7) is 3.17. The lowest BCUT2D eigenvalue weighted by Gasteiger charge is -2.33. The van der Waals surface area contributed by atoms with E-state index in [0.717, 1.165) is 0 Å². The van der Waals surface area contributed by atoms with Crippen molar-refractivity contribution in [3.63, 3.8) is 0 Å². The zero-order chi connectivity index (χ0) is 8.70. The highest BCUT2D eigenvalue weighted by Gasteiger charge is 2.45. The Morgan fingerprint density at radius 2 is 1.91 bits per heavy atom. The van der Waals surface area contributed by atoms with Gasteiger partial charge < -0.3 is 0 Å². The maximum atomic E-state index is 12.7. The van der Waals surface area contributed by atoms with E-state index in [1.165, 1.54) is 0 Å². The number of ketones is 1. The molecule has 0 amide bonds. The van der Waals surface area contributed by atoms with Gasteiger partial charge in [-0.15, -0.1) is 0 Å². The Bertz CT molecular complexity index is 185. The molecule has 1 aliphatic carbocycles. The van der Waals surface area contributed by atoms with E-state index in [4.69, 9.17) is 0 Å². The van der Waals surface area contributed by atoms with Crippen LogP contribution in [0.4, 0.5) is 8.78 Å². The fraction of sp³-hybridized carbons (Fsp3) is 0.875. The number of hydrogen-bond donors (Lipinski definition) is 0. The van der Waals surface area contributed by atoms with Gasteiger partial charge in [-0.05, 0) is 0 Å². The summed E-state index contributed by atoms with van der Waals surface area (Å²) < 4.78 is 25.4. The topological polar surface area (TPSA) is 17.1 Å². The summed E-state index contributed by atoms with van der Waals surface area (Å²) in [5, 5.41) is 0. The summed E-state index contributed by atoms with van der Waals surface area (Å²) in [6, 6.07) is 0.